The summed E-state index contributed by atoms with van der Waals surface area (Å²) in [4.78, 5) is 4.05. The number of rotatable bonds is 3. The third-order valence-electron chi connectivity index (χ3n) is 4.59. The molecule has 4 nitrogen and oxygen atoms in total. The van der Waals surface area contributed by atoms with E-state index in [1.807, 2.05) is 24.3 Å². The molecule has 1 unspecified atom stereocenters. The largest absolute Gasteiger partial charge is 0.475 e. The van der Waals surface area contributed by atoms with Gasteiger partial charge in [-0.05, 0) is 55.3 Å². The molecule has 0 spiro atoms. The van der Waals surface area contributed by atoms with Crippen molar-refractivity contribution in [2.24, 2.45) is 0 Å². The lowest BCUT2D eigenvalue weighted by Gasteiger charge is -2.30. The Kier molecular flexibility index (Phi) is 4.72. The fourth-order valence-corrected chi connectivity index (χ4v) is 3.65. The van der Waals surface area contributed by atoms with Crippen molar-refractivity contribution in [3.05, 3.63) is 71.5 Å². The molecule has 6 heteroatoms. The SMILES string of the molecule is C=CC1([C@H]2CCCN2)C=C2NC(Cl)=C(c3ccncc3)C=C2O1.Cl. The number of dihydropyridines is 1. The Morgan fingerprint density at radius 1 is 1.38 bits per heavy atom. The van der Waals surface area contributed by atoms with E-state index in [9.17, 15) is 0 Å². The van der Waals surface area contributed by atoms with Crippen LogP contribution in [0.2, 0.25) is 0 Å². The first-order chi connectivity index (χ1) is 11.2. The van der Waals surface area contributed by atoms with Crippen LogP contribution in [0.3, 0.4) is 0 Å². The van der Waals surface area contributed by atoms with Gasteiger partial charge in [-0.1, -0.05) is 18.2 Å². The highest BCUT2D eigenvalue weighted by atomic mass is 35.5. The van der Waals surface area contributed by atoms with Crippen LogP contribution in [0, 0.1) is 0 Å². The van der Waals surface area contributed by atoms with Crippen molar-refractivity contribution in [1.29, 1.82) is 0 Å². The summed E-state index contributed by atoms with van der Waals surface area (Å²) in [5.41, 5.74) is 2.29. The minimum atomic E-state index is -0.518. The summed E-state index contributed by atoms with van der Waals surface area (Å²) in [6, 6.07) is 4.10. The van der Waals surface area contributed by atoms with Crippen molar-refractivity contribution < 1.29 is 4.74 Å². The fraction of sp³-hybridized carbons (Fsp3) is 0.278. The number of fused-ring (bicyclic) bond motifs is 1. The molecule has 1 aromatic heterocycles. The van der Waals surface area contributed by atoms with E-state index in [0.29, 0.717) is 5.16 Å². The smallest absolute Gasteiger partial charge is 0.163 e. The van der Waals surface area contributed by atoms with Crippen LogP contribution in [-0.2, 0) is 4.74 Å². The van der Waals surface area contributed by atoms with Gasteiger partial charge in [-0.3, -0.25) is 4.98 Å². The Bertz CT molecular complexity index is 736. The van der Waals surface area contributed by atoms with Gasteiger partial charge in [-0.15, -0.1) is 12.4 Å². The molecule has 24 heavy (non-hydrogen) atoms. The Morgan fingerprint density at radius 3 is 2.83 bits per heavy atom. The molecule has 126 valence electrons. The molecule has 4 heterocycles. The number of aromatic nitrogens is 1. The van der Waals surface area contributed by atoms with E-state index in [0.717, 1.165) is 42.0 Å². The molecule has 0 aliphatic carbocycles. The molecule has 2 N–H and O–H groups in total. The highest BCUT2D eigenvalue weighted by Crippen LogP contribution is 2.41. The molecule has 4 rings (SSSR count). The third-order valence-corrected chi connectivity index (χ3v) is 4.89. The summed E-state index contributed by atoms with van der Waals surface area (Å²) in [6.07, 6.45) is 11.7. The predicted octanol–water partition coefficient (Wildman–Crippen LogP) is 3.49. The number of pyridine rings is 1. The van der Waals surface area contributed by atoms with Crippen molar-refractivity contribution in [3.8, 4) is 0 Å². The number of ether oxygens (including phenoxy) is 1. The zero-order chi connectivity index (χ0) is 15.9. The van der Waals surface area contributed by atoms with E-state index in [2.05, 4.69) is 28.3 Å². The molecule has 0 aromatic carbocycles. The molecule has 1 aromatic rings. The molecule has 3 aliphatic rings. The maximum absolute atomic E-state index is 6.45. The summed E-state index contributed by atoms with van der Waals surface area (Å²) >= 11 is 6.45. The van der Waals surface area contributed by atoms with Gasteiger partial charge in [0, 0.05) is 18.0 Å². The Balaban J connectivity index is 0.00000169. The lowest BCUT2D eigenvalue weighted by molar-refractivity contribution is 0.0785. The van der Waals surface area contributed by atoms with Gasteiger partial charge >= 0.3 is 0 Å². The number of hydrogen-bond acceptors (Lipinski definition) is 4. The van der Waals surface area contributed by atoms with E-state index in [-0.39, 0.29) is 18.4 Å². The van der Waals surface area contributed by atoms with Gasteiger partial charge in [0.1, 0.15) is 10.9 Å². The van der Waals surface area contributed by atoms with Crippen molar-refractivity contribution in [1.82, 2.24) is 15.6 Å². The topological polar surface area (TPSA) is 46.2 Å². The predicted molar refractivity (Wildman–Crippen MR) is 98.6 cm³/mol. The molecule has 0 bridgehead atoms. The van der Waals surface area contributed by atoms with Crippen molar-refractivity contribution in [3.63, 3.8) is 0 Å². The van der Waals surface area contributed by atoms with Crippen LogP contribution in [0.5, 0.6) is 0 Å². The second kappa shape index (κ2) is 6.63. The first-order valence-corrected chi connectivity index (χ1v) is 8.18. The zero-order valence-corrected chi connectivity index (χ0v) is 14.7. The summed E-state index contributed by atoms with van der Waals surface area (Å²) < 4.78 is 6.30. The average molecular weight is 364 g/mol. The molecule has 3 aliphatic heterocycles. The lowest BCUT2D eigenvalue weighted by atomic mass is 9.93. The average Bonchev–Trinajstić information content (AvgIpc) is 3.22. The summed E-state index contributed by atoms with van der Waals surface area (Å²) in [6.45, 7) is 5.01. The van der Waals surface area contributed by atoms with E-state index in [1.165, 1.54) is 0 Å². The van der Waals surface area contributed by atoms with Gasteiger partial charge in [-0.25, -0.2) is 0 Å². The van der Waals surface area contributed by atoms with Gasteiger partial charge in [0.2, 0.25) is 0 Å². The molecule has 1 saturated heterocycles. The van der Waals surface area contributed by atoms with Gasteiger partial charge in [0.15, 0.2) is 5.60 Å². The van der Waals surface area contributed by atoms with Crippen LogP contribution in [-0.4, -0.2) is 23.2 Å². The number of halogens is 2. The first kappa shape index (κ1) is 17.1. The Morgan fingerprint density at radius 2 is 2.17 bits per heavy atom. The molecular formula is C18H19Cl2N3O. The van der Waals surface area contributed by atoms with Crippen LogP contribution < -0.4 is 10.6 Å². The maximum Gasteiger partial charge on any atom is 0.163 e. The van der Waals surface area contributed by atoms with Crippen LogP contribution >= 0.6 is 24.0 Å². The van der Waals surface area contributed by atoms with Crippen LogP contribution in [0.15, 0.2) is 65.9 Å². The highest BCUT2D eigenvalue weighted by molar-refractivity contribution is 6.33. The minimum absolute atomic E-state index is 0. The second-order valence-corrected chi connectivity index (χ2v) is 6.34. The standard InChI is InChI=1S/C18H18ClN3O.ClH/c1-2-18(16-4-3-7-21-16)11-14-15(23-18)10-13(17(19)22-14)12-5-8-20-9-6-12;/h2,5-6,8-11,16,21-22H,1,3-4,7H2;1H/t16-,18?;/m1./s1. The maximum atomic E-state index is 6.45. The third kappa shape index (κ3) is 2.75. The van der Waals surface area contributed by atoms with Crippen molar-refractivity contribution >= 4 is 29.6 Å². The molecule has 0 saturated carbocycles. The van der Waals surface area contributed by atoms with E-state index < -0.39 is 5.60 Å². The number of hydrogen-bond donors (Lipinski definition) is 2. The zero-order valence-electron chi connectivity index (χ0n) is 13.1. The fourth-order valence-electron chi connectivity index (χ4n) is 3.38. The molecule has 2 atom stereocenters. The van der Waals surface area contributed by atoms with E-state index in [4.69, 9.17) is 16.3 Å². The first-order valence-electron chi connectivity index (χ1n) is 7.80. The highest BCUT2D eigenvalue weighted by Gasteiger charge is 2.44. The number of allylic oxidation sites excluding steroid dienone is 2. The monoisotopic (exact) mass is 363 g/mol. The molecule has 1 fully saturated rings. The van der Waals surface area contributed by atoms with Gasteiger partial charge in [-0.2, -0.15) is 0 Å². The summed E-state index contributed by atoms with van der Waals surface area (Å²) in [5.74, 6) is 0.801. The molecular weight excluding hydrogens is 345 g/mol. The lowest BCUT2D eigenvalue weighted by Crippen LogP contribution is -2.44. The number of nitrogens with zero attached hydrogens (tertiary/aromatic N) is 1. The summed E-state index contributed by atoms with van der Waals surface area (Å²) in [7, 11) is 0. The molecule has 0 amide bonds. The van der Waals surface area contributed by atoms with Crippen LogP contribution in [0.25, 0.3) is 5.57 Å². The summed E-state index contributed by atoms with van der Waals surface area (Å²) in [5, 5.41) is 7.35. The van der Waals surface area contributed by atoms with Gasteiger partial charge in [0.05, 0.1) is 11.7 Å². The number of nitrogens with one attached hydrogen (secondary N) is 2. The van der Waals surface area contributed by atoms with Crippen LogP contribution in [0.1, 0.15) is 18.4 Å². The molecule has 0 radical (unpaired) electrons. The van der Waals surface area contributed by atoms with E-state index in [1.54, 1.807) is 12.4 Å². The Labute approximate surface area is 152 Å². The normalized spacial score (nSPS) is 28.1. The van der Waals surface area contributed by atoms with Crippen LogP contribution in [0.4, 0.5) is 0 Å². The minimum Gasteiger partial charge on any atom is -0.475 e. The second-order valence-electron chi connectivity index (χ2n) is 5.96. The van der Waals surface area contributed by atoms with E-state index >= 15 is 0 Å². The van der Waals surface area contributed by atoms with Crippen molar-refractivity contribution in [2.45, 2.75) is 24.5 Å². The van der Waals surface area contributed by atoms with Crippen molar-refractivity contribution in [2.75, 3.05) is 6.54 Å². The van der Waals surface area contributed by atoms with Gasteiger partial charge in [0.25, 0.3) is 0 Å². The Hall–Kier alpha value is -1.75. The quantitative estimate of drug-likeness (QED) is 0.637. The van der Waals surface area contributed by atoms with Gasteiger partial charge < -0.3 is 15.4 Å².